The van der Waals surface area contributed by atoms with Crippen molar-refractivity contribution < 1.29 is 14.6 Å². The third-order valence-corrected chi connectivity index (χ3v) is 3.33. The summed E-state index contributed by atoms with van der Waals surface area (Å²) in [6.07, 6.45) is 0.793. The molecule has 0 fully saturated rings. The van der Waals surface area contributed by atoms with E-state index >= 15 is 0 Å². The van der Waals surface area contributed by atoms with E-state index in [9.17, 15) is 9.90 Å². The Bertz CT molecular complexity index is 402. The van der Waals surface area contributed by atoms with Crippen LogP contribution in [-0.4, -0.2) is 41.7 Å². The molecule has 0 heterocycles. The topological polar surface area (TPSA) is 49.8 Å². The number of aromatic hydroxyl groups is 1. The van der Waals surface area contributed by atoms with Crippen LogP contribution in [0.25, 0.3) is 0 Å². The molecule has 0 bridgehead atoms. The lowest BCUT2D eigenvalue weighted by Gasteiger charge is -2.26. The normalized spacial score (nSPS) is 12.4. The number of phenols is 1. The molecule has 0 aliphatic carbocycles. The van der Waals surface area contributed by atoms with Crippen LogP contribution >= 0.6 is 0 Å². The number of carbonyl (C=O) groups is 1. The van der Waals surface area contributed by atoms with Gasteiger partial charge in [0.2, 0.25) is 0 Å². The van der Waals surface area contributed by atoms with Crippen LogP contribution in [0.3, 0.4) is 0 Å². The number of carbonyl (C=O) groups excluding carboxylic acids is 1. The second kappa shape index (κ2) is 7.79. The van der Waals surface area contributed by atoms with Crippen molar-refractivity contribution in [1.82, 2.24) is 4.90 Å². The summed E-state index contributed by atoms with van der Waals surface area (Å²) < 4.78 is 5.19. The van der Waals surface area contributed by atoms with Crippen molar-refractivity contribution in [3.05, 3.63) is 29.8 Å². The summed E-state index contributed by atoms with van der Waals surface area (Å²) in [6.45, 7) is 8.71. The van der Waals surface area contributed by atoms with Gasteiger partial charge in [-0.2, -0.15) is 0 Å². The summed E-state index contributed by atoms with van der Waals surface area (Å²) in [7, 11) is 0. The number of benzene rings is 1. The van der Waals surface area contributed by atoms with Gasteiger partial charge < -0.3 is 14.7 Å². The van der Waals surface area contributed by atoms with Crippen molar-refractivity contribution in [3.8, 4) is 5.75 Å². The Hall–Kier alpha value is -1.55. The third kappa shape index (κ3) is 4.56. The Kier molecular flexibility index (Phi) is 6.36. The first kappa shape index (κ1) is 15.5. The molecule has 0 amide bonds. The van der Waals surface area contributed by atoms with Crippen LogP contribution < -0.4 is 0 Å². The molecule has 4 heteroatoms. The number of phenolic OH excluding ortho intramolecular Hbond substituents is 1. The zero-order valence-electron chi connectivity index (χ0n) is 11.9. The molecule has 1 rings (SSSR count). The van der Waals surface area contributed by atoms with Crippen molar-refractivity contribution in [2.75, 3.05) is 19.7 Å². The van der Waals surface area contributed by atoms with E-state index in [0.717, 1.165) is 19.5 Å². The highest BCUT2D eigenvalue weighted by Gasteiger charge is 2.14. The Morgan fingerprint density at radius 3 is 2.53 bits per heavy atom. The SMILES string of the molecule is CCN(CC)C(C)CCOC(=O)c1ccccc1O. The van der Waals surface area contributed by atoms with E-state index in [1.165, 1.54) is 6.07 Å². The average Bonchev–Trinajstić information content (AvgIpc) is 2.40. The molecule has 1 N–H and O–H groups in total. The molecule has 0 saturated carbocycles. The molecule has 0 aliphatic rings. The monoisotopic (exact) mass is 265 g/mol. The third-order valence-electron chi connectivity index (χ3n) is 3.33. The Morgan fingerprint density at radius 1 is 1.32 bits per heavy atom. The first-order valence-corrected chi connectivity index (χ1v) is 6.79. The number of para-hydroxylation sites is 1. The highest BCUT2D eigenvalue weighted by Crippen LogP contribution is 2.16. The first-order valence-electron chi connectivity index (χ1n) is 6.79. The Labute approximate surface area is 115 Å². The summed E-state index contributed by atoms with van der Waals surface area (Å²) in [6, 6.07) is 6.80. The maximum absolute atomic E-state index is 11.8. The molecule has 106 valence electrons. The lowest BCUT2D eigenvalue weighted by Crippen LogP contribution is -2.33. The summed E-state index contributed by atoms with van der Waals surface area (Å²) in [5.74, 6) is -0.505. The fourth-order valence-corrected chi connectivity index (χ4v) is 2.08. The molecule has 1 unspecified atom stereocenters. The van der Waals surface area contributed by atoms with E-state index < -0.39 is 5.97 Å². The first-order chi connectivity index (χ1) is 9.10. The van der Waals surface area contributed by atoms with Gasteiger partial charge in [0.05, 0.1) is 6.61 Å². The highest BCUT2D eigenvalue weighted by molar-refractivity contribution is 5.92. The molecule has 1 atom stereocenters. The van der Waals surface area contributed by atoms with Crippen LogP contribution in [0.15, 0.2) is 24.3 Å². The molecule has 1 aromatic carbocycles. The van der Waals surface area contributed by atoms with Crippen molar-refractivity contribution >= 4 is 5.97 Å². The minimum Gasteiger partial charge on any atom is -0.507 e. The highest BCUT2D eigenvalue weighted by atomic mass is 16.5. The fraction of sp³-hybridized carbons (Fsp3) is 0.533. The standard InChI is InChI=1S/C15H23NO3/c1-4-16(5-2)12(3)10-11-19-15(18)13-8-6-7-9-14(13)17/h6-9,12,17H,4-5,10-11H2,1-3H3. The fourth-order valence-electron chi connectivity index (χ4n) is 2.08. The second-order valence-electron chi connectivity index (χ2n) is 4.51. The lowest BCUT2D eigenvalue weighted by molar-refractivity contribution is 0.0464. The van der Waals surface area contributed by atoms with Crippen molar-refractivity contribution in [1.29, 1.82) is 0 Å². The number of ether oxygens (including phenoxy) is 1. The van der Waals surface area contributed by atoms with Crippen molar-refractivity contribution in [2.24, 2.45) is 0 Å². The summed E-state index contributed by atoms with van der Waals surface area (Å²) in [5, 5.41) is 9.54. The molecule has 0 aromatic heterocycles. The van der Waals surface area contributed by atoms with E-state index in [2.05, 4.69) is 25.7 Å². The molecular formula is C15H23NO3. The van der Waals surface area contributed by atoms with E-state index in [4.69, 9.17) is 4.74 Å². The van der Waals surface area contributed by atoms with E-state index in [0.29, 0.717) is 12.6 Å². The van der Waals surface area contributed by atoms with Gasteiger partial charge in [-0.15, -0.1) is 0 Å². The number of nitrogens with zero attached hydrogens (tertiary/aromatic N) is 1. The summed E-state index contributed by atoms with van der Waals surface area (Å²) in [4.78, 5) is 14.1. The molecule has 0 radical (unpaired) electrons. The van der Waals surface area contributed by atoms with Crippen LogP contribution in [0.2, 0.25) is 0 Å². The molecule has 4 nitrogen and oxygen atoms in total. The van der Waals surface area contributed by atoms with Gasteiger partial charge >= 0.3 is 5.97 Å². The number of hydrogen-bond acceptors (Lipinski definition) is 4. The molecule has 0 spiro atoms. The minimum atomic E-state index is -0.468. The van der Waals surface area contributed by atoms with Gasteiger partial charge in [0.1, 0.15) is 11.3 Å². The van der Waals surface area contributed by atoms with Gasteiger partial charge in [-0.3, -0.25) is 0 Å². The smallest absolute Gasteiger partial charge is 0.341 e. The molecule has 0 saturated heterocycles. The van der Waals surface area contributed by atoms with Gasteiger partial charge in [-0.25, -0.2) is 4.79 Å². The predicted octanol–water partition coefficient (Wildman–Crippen LogP) is 2.67. The van der Waals surface area contributed by atoms with Crippen LogP contribution in [0.4, 0.5) is 0 Å². The average molecular weight is 265 g/mol. The van der Waals surface area contributed by atoms with E-state index in [-0.39, 0.29) is 11.3 Å². The van der Waals surface area contributed by atoms with Crippen LogP contribution in [-0.2, 0) is 4.74 Å². The number of hydrogen-bond donors (Lipinski definition) is 1. The number of rotatable bonds is 7. The predicted molar refractivity (Wildman–Crippen MR) is 75.4 cm³/mol. The minimum absolute atomic E-state index is 0.0377. The Morgan fingerprint density at radius 2 is 1.95 bits per heavy atom. The molecular weight excluding hydrogens is 242 g/mol. The summed E-state index contributed by atoms with van der Waals surface area (Å²) in [5.41, 5.74) is 0.220. The molecule has 0 aliphatic heterocycles. The van der Waals surface area contributed by atoms with Crippen molar-refractivity contribution in [2.45, 2.75) is 33.2 Å². The number of esters is 1. The van der Waals surface area contributed by atoms with Gasteiger partial charge in [0.15, 0.2) is 0 Å². The van der Waals surface area contributed by atoms with Gasteiger partial charge in [-0.1, -0.05) is 26.0 Å². The van der Waals surface area contributed by atoms with Gasteiger partial charge in [-0.05, 0) is 38.6 Å². The van der Waals surface area contributed by atoms with Crippen LogP contribution in [0.1, 0.15) is 37.6 Å². The largest absolute Gasteiger partial charge is 0.507 e. The Balaban J connectivity index is 2.41. The maximum atomic E-state index is 11.8. The van der Waals surface area contributed by atoms with Gasteiger partial charge in [0, 0.05) is 6.04 Å². The summed E-state index contributed by atoms with van der Waals surface area (Å²) >= 11 is 0. The quantitative estimate of drug-likeness (QED) is 0.770. The zero-order valence-corrected chi connectivity index (χ0v) is 11.9. The van der Waals surface area contributed by atoms with Crippen LogP contribution in [0, 0.1) is 0 Å². The maximum Gasteiger partial charge on any atom is 0.341 e. The van der Waals surface area contributed by atoms with Crippen molar-refractivity contribution in [3.63, 3.8) is 0 Å². The zero-order chi connectivity index (χ0) is 14.3. The molecule has 19 heavy (non-hydrogen) atoms. The lowest BCUT2D eigenvalue weighted by atomic mass is 10.2. The second-order valence-corrected chi connectivity index (χ2v) is 4.51. The molecule has 1 aromatic rings. The van der Waals surface area contributed by atoms with E-state index in [1.54, 1.807) is 18.2 Å². The van der Waals surface area contributed by atoms with Crippen LogP contribution in [0.5, 0.6) is 5.75 Å². The van der Waals surface area contributed by atoms with Gasteiger partial charge in [0.25, 0.3) is 0 Å². The van der Waals surface area contributed by atoms with E-state index in [1.807, 2.05) is 0 Å².